The van der Waals surface area contributed by atoms with Crippen LogP contribution in [0.3, 0.4) is 0 Å². The normalized spacial score (nSPS) is 15.8. The van der Waals surface area contributed by atoms with E-state index in [4.69, 9.17) is 18.7 Å². The Labute approximate surface area is 184 Å². The number of nitrogens with one attached hydrogen (secondary N) is 1. The molecule has 2 aromatic carbocycles. The van der Waals surface area contributed by atoms with Crippen molar-refractivity contribution in [2.24, 2.45) is 5.92 Å². The number of rotatable bonds is 5. The minimum absolute atomic E-state index is 0.133. The first-order valence-electron chi connectivity index (χ1n) is 9.82. The summed E-state index contributed by atoms with van der Waals surface area (Å²) in [5, 5.41) is 3.06. The maximum absolute atomic E-state index is 12.4. The first-order valence-corrected chi connectivity index (χ1v) is 9.82. The third-order valence-electron chi connectivity index (χ3n) is 4.93. The zero-order valence-electron chi connectivity index (χ0n) is 17.0. The predicted octanol–water partition coefficient (Wildman–Crippen LogP) is 4.27. The summed E-state index contributed by atoms with van der Waals surface area (Å²) in [4.78, 5) is 25.2. The van der Waals surface area contributed by atoms with Gasteiger partial charge in [0.15, 0.2) is 5.58 Å². The van der Waals surface area contributed by atoms with Gasteiger partial charge in [0.1, 0.15) is 11.3 Å². The average molecular weight is 462 g/mol. The Morgan fingerprint density at radius 3 is 2.67 bits per heavy atom. The maximum Gasteiger partial charge on any atom is 0.573 e. The number of ether oxygens (including phenoxy) is 2. The number of fused-ring (bicyclic) bond motifs is 2. The molecule has 0 saturated carbocycles. The SMILES string of the molecule is FC(F)(F)Oc1ccc2nc(Nc3nc4ccccc4n3CC3CCOC3)oc2c1.O=C=O. The highest BCUT2D eigenvalue weighted by Gasteiger charge is 2.31. The van der Waals surface area contributed by atoms with E-state index in [1.165, 1.54) is 12.1 Å². The fourth-order valence-corrected chi connectivity index (χ4v) is 3.59. The number of anilines is 2. The number of aromatic nitrogens is 3. The summed E-state index contributed by atoms with van der Waals surface area (Å²) < 4.78 is 54.4. The van der Waals surface area contributed by atoms with Crippen LogP contribution in [0.1, 0.15) is 6.42 Å². The van der Waals surface area contributed by atoms with Crippen molar-refractivity contribution in [2.75, 3.05) is 18.5 Å². The number of nitrogens with zero attached hydrogens (tertiary/aromatic N) is 3. The average Bonchev–Trinajstić information content (AvgIpc) is 3.47. The van der Waals surface area contributed by atoms with Gasteiger partial charge in [0, 0.05) is 25.1 Å². The van der Waals surface area contributed by atoms with Crippen LogP contribution < -0.4 is 10.1 Å². The first kappa shape index (κ1) is 22.3. The Bertz CT molecular complexity index is 1290. The topological polar surface area (TPSA) is 108 Å². The summed E-state index contributed by atoms with van der Waals surface area (Å²) in [6.07, 6.45) is -3.56. The van der Waals surface area contributed by atoms with E-state index in [2.05, 4.69) is 20.0 Å². The summed E-state index contributed by atoms with van der Waals surface area (Å²) in [5.41, 5.74) is 2.35. The summed E-state index contributed by atoms with van der Waals surface area (Å²) in [6.45, 7) is 2.15. The van der Waals surface area contributed by atoms with Crippen LogP contribution in [0.2, 0.25) is 0 Å². The van der Waals surface area contributed by atoms with Crippen LogP contribution in [0.5, 0.6) is 5.75 Å². The van der Waals surface area contributed by atoms with Crippen molar-refractivity contribution in [3.8, 4) is 5.75 Å². The Kier molecular flexibility index (Phi) is 6.29. The molecule has 12 heteroatoms. The number of imidazole rings is 1. The van der Waals surface area contributed by atoms with Gasteiger partial charge in [-0.25, -0.2) is 4.98 Å². The number of halogens is 3. The predicted molar refractivity (Wildman–Crippen MR) is 108 cm³/mol. The Morgan fingerprint density at radius 2 is 1.94 bits per heavy atom. The van der Waals surface area contributed by atoms with E-state index >= 15 is 0 Å². The lowest BCUT2D eigenvalue weighted by Crippen LogP contribution is -2.16. The molecule has 1 N–H and O–H groups in total. The molecule has 9 nitrogen and oxygen atoms in total. The van der Waals surface area contributed by atoms with Gasteiger partial charge in [-0.1, -0.05) is 12.1 Å². The van der Waals surface area contributed by atoms with E-state index < -0.39 is 6.36 Å². The monoisotopic (exact) mass is 462 g/mol. The van der Waals surface area contributed by atoms with Crippen molar-refractivity contribution in [2.45, 2.75) is 19.3 Å². The standard InChI is InChI=1S/C20H17F3N4O3.CO2/c21-20(22,23)30-13-5-6-15-17(9-13)29-19(25-15)26-18-24-14-3-1-2-4-16(14)27(18)10-12-7-8-28-11-12;2-1-3/h1-6,9,12H,7-8,10-11H2,(H,24,25,26);. The molecule has 5 rings (SSSR count). The summed E-state index contributed by atoms with van der Waals surface area (Å²) in [7, 11) is 0. The lowest BCUT2D eigenvalue weighted by atomic mass is 10.1. The van der Waals surface area contributed by atoms with Gasteiger partial charge in [0.2, 0.25) is 5.95 Å². The molecule has 0 radical (unpaired) electrons. The smallest absolute Gasteiger partial charge is 0.423 e. The molecule has 4 aromatic rings. The molecular weight excluding hydrogens is 445 g/mol. The van der Waals surface area contributed by atoms with E-state index in [1.54, 1.807) is 0 Å². The van der Waals surface area contributed by atoms with E-state index in [0.717, 1.165) is 30.1 Å². The minimum Gasteiger partial charge on any atom is -0.423 e. The molecule has 33 heavy (non-hydrogen) atoms. The lowest BCUT2D eigenvalue weighted by molar-refractivity contribution is -0.274. The van der Waals surface area contributed by atoms with Crippen LogP contribution >= 0.6 is 0 Å². The highest BCUT2D eigenvalue weighted by molar-refractivity contribution is 5.80. The van der Waals surface area contributed by atoms with E-state index in [9.17, 15) is 13.2 Å². The molecule has 3 heterocycles. The molecular formula is C21H17F3N4O5. The summed E-state index contributed by atoms with van der Waals surface area (Å²) in [6, 6.07) is 11.6. The third-order valence-corrected chi connectivity index (χ3v) is 4.93. The van der Waals surface area contributed by atoms with Crippen LogP contribution in [0.15, 0.2) is 46.9 Å². The quantitative estimate of drug-likeness (QED) is 0.468. The van der Waals surface area contributed by atoms with Crippen LogP contribution in [0.4, 0.5) is 25.1 Å². The van der Waals surface area contributed by atoms with Gasteiger partial charge in [0.05, 0.1) is 17.6 Å². The fourth-order valence-electron chi connectivity index (χ4n) is 3.59. The molecule has 1 aliphatic rings. The largest absolute Gasteiger partial charge is 0.573 e. The van der Waals surface area contributed by atoms with Crippen LogP contribution in [0.25, 0.3) is 22.1 Å². The van der Waals surface area contributed by atoms with Crippen LogP contribution in [-0.2, 0) is 20.9 Å². The number of carbonyl (C=O) groups excluding carboxylic acids is 2. The first-order chi connectivity index (χ1) is 15.9. The van der Waals surface area contributed by atoms with E-state index in [1.807, 2.05) is 28.8 Å². The Balaban J connectivity index is 0.000000821. The molecule has 0 amide bonds. The van der Waals surface area contributed by atoms with Crippen molar-refractivity contribution >= 4 is 40.2 Å². The molecule has 0 spiro atoms. The van der Waals surface area contributed by atoms with Gasteiger partial charge < -0.3 is 18.5 Å². The zero-order chi connectivity index (χ0) is 23.4. The van der Waals surface area contributed by atoms with E-state index in [-0.39, 0.29) is 23.5 Å². The van der Waals surface area contributed by atoms with Gasteiger partial charge >= 0.3 is 18.5 Å². The van der Waals surface area contributed by atoms with E-state index in [0.29, 0.717) is 30.5 Å². The van der Waals surface area contributed by atoms with Crippen LogP contribution in [0, 0.1) is 5.92 Å². The minimum atomic E-state index is -4.77. The number of hydrogen-bond donors (Lipinski definition) is 1. The fraction of sp³-hybridized carbons (Fsp3) is 0.286. The molecule has 1 fully saturated rings. The lowest BCUT2D eigenvalue weighted by Gasteiger charge is -2.12. The van der Waals surface area contributed by atoms with Crippen molar-refractivity contribution in [3.05, 3.63) is 42.5 Å². The molecule has 2 aromatic heterocycles. The second-order valence-electron chi connectivity index (χ2n) is 7.17. The summed E-state index contributed by atoms with van der Waals surface area (Å²) in [5.74, 6) is 0.543. The van der Waals surface area contributed by atoms with Gasteiger partial charge in [-0.15, -0.1) is 13.2 Å². The highest BCUT2D eigenvalue weighted by Crippen LogP contribution is 2.30. The molecule has 1 atom stereocenters. The Hall–Kier alpha value is -3.89. The molecule has 172 valence electrons. The Morgan fingerprint density at radius 1 is 1.15 bits per heavy atom. The second kappa shape index (κ2) is 9.31. The van der Waals surface area contributed by atoms with Crippen molar-refractivity contribution in [3.63, 3.8) is 0 Å². The van der Waals surface area contributed by atoms with Crippen LogP contribution in [-0.4, -0.2) is 40.3 Å². The van der Waals surface area contributed by atoms with Gasteiger partial charge in [-0.3, -0.25) is 5.32 Å². The molecule has 1 unspecified atom stereocenters. The van der Waals surface area contributed by atoms with Crippen molar-refractivity contribution in [1.29, 1.82) is 0 Å². The van der Waals surface area contributed by atoms with Gasteiger partial charge in [-0.2, -0.15) is 14.6 Å². The number of para-hydroxylation sites is 2. The number of alkyl halides is 3. The number of oxazole rings is 1. The number of hydrogen-bond acceptors (Lipinski definition) is 8. The zero-order valence-corrected chi connectivity index (χ0v) is 17.0. The molecule has 1 aliphatic heterocycles. The highest BCUT2D eigenvalue weighted by atomic mass is 19.4. The van der Waals surface area contributed by atoms with Gasteiger partial charge in [-0.05, 0) is 30.7 Å². The van der Waals surface area contributed by atoms with Crippen molar-refractivity contribution < 1.29 is 36.7 Å². The van der Waals surface area contributed by atoms with Gasteiger partial charge in [0.25, 0.3) is 0 Å². The maximum atomic E-state index is 12.4. The molecule has 0 bridgehead atoms. The molecule has 1 saturated heterocycles. The summed E-state index contributed by atoms with van der Waals surface area (Å²) >= 11 is 0. The third kappa shape index (κ3) is 5.30. The molecule has 0 aliphatic carbocycles. The number of benzene rings is 2. The van der Waals surface area contributed by atoms with Crippen molar-refractivity contribution in [1.82, 2.24) is 14.5 Å². The second-order valence-corrected chi connectivity index (χ2v) is 7.17.